The van der Waals surface area contributed by atoms with Gasteiger partial charge in [0.2, 0.25) is 0 Å². The van der Waals surface area contributed by atoms with Gasteiger partial charge in [0.05, 0.1) is 25.1 Å². The summed E-state index contributed by atoms with van der Waals surface area (Å²) in [4.78, 5) is 0. The summed E-state index contributed by atoms with van der Waals surface area (Å²) >= 11 is 0. The molecule has 5 nitrogen and oxygen atoms in total. The zero-order valence-corrected chi connectivity index (χ0v) is 9.07. The number of aliphatic hydroxyl groups excluding tert-OH is 1. The number of hydrogen-bond donors (Lipinski definition) is 1. The number of alkyl halides is 3. The molecule has 17 heavy (non-hydrogen) atoms. The van der Waals surface area contributed by atoms with Crippen molar-refractivity contribution in [2.24, 2.45) is 0 Å². The SMILES string of the molecule is CCC(CO)n1nnc(CC#N)c1C(F)(F)F. The lowest BCUT2D eigenvalue weighted by atomic mass is 10.2. The zero-order valence-electron chi connectivity index (χ0n) is 9.07. The summed E-state index contributed by atoms with van der Waals surface area (Å²) in [7, 11) is 0. The van der Waals surface area contributed by atoms with E-state index in [-0.39, 0.29) is 6.42 Å². The van der Waals surface area contributed by atoms with E-state index in [2.05, 4.69) is 10.3 Å². The number of nitriles is 1. The average molecular weight is 248 g/mol. The van der Waals surface area contributed by atoms with Crippen LogP contribution in [0.2, 0.25) is 0 Å². The van der Waals surface area contributed by atoms with E-state index >= 15 is 0 Å². The van der Waals surface area contributed by atoms with Crippen molar-refractivity contribution in [2.45, 2.75) is 32.0 Å². The molecule has 0 spiro atoms. The largest absolute Gasteiger partial charge is 0.434 e. The Hall–Kier alpha value is -1.62. The number of nitrogens with zero attached hydrogens (tertiary/aromatic N) is 4. The number of aromatic nitrogens is 3. The highest BCUT2D eigenvalue weighted by Gasteiger charge is 2.40. The van der Waals surface area contributed by atoms with Crippen LogP contribution in [0.15, 0.2) is 0 Å². The lowest BCUT2D eigenvalue weighted by Gasteiger charge is -2.16. The first-order valence-corrected chi connectivity index (χ1v) is 4.94. The lowest BCUT2D eigenvalue weighted by Crippen LogP contribution is -2.22. The maximum absolute atomic E-state index is 12.8. The summed E-state index contributed by atoms with van der Waals surface area (Å²) in [5.74, 6) is 0. The number of rotatable bonds is 4. The van der Waals surface area contributed by atoms with E-state index in [1.165, 1.54) is 0 Å². The van der Waals surface area contributed by atoms with Gasteiger partial charge in [-0.15, -0.1) is 5.10 Å². The first kappa shape index (κ1) is 13.4. The second kappa shape index (κ2) is 5.14. The summed E-state index contributed by atoms with van der Waals surface area (Å²) in [6, 6.07) is 0.821. The van der Waals surface area contributed by atoms with Crippen molar-refractivity contribution >= 4 is 0 Å². The molecular formula is C9H11F3N4O. The summed E-state index contributed by atoms with van der Waals surface area (Å²) in [6.45, 7) is 1.17. The topological polar surface area (TPSA) is 74.7 Å². The minimum atomic E-state index is -4.64. The Kier molecular flexibility index (Phi) is 4.07. The quantitative estimate of drug-likeness (QED) is 0.871. The summed E-state index contributed by atoms with van der Waals surface area (Å²) < 4.78 is 39.1. The van der Waals surface area contributed by atoms with E-state index in [0.717, 1.165) is 0 Å². The maximum atomic E-state index is 12.8. The van der Waals surface area contributed by atoms with Gasteiger partial charge in [0.25, 0.3) is 0 Å². The molecule has 0 saturated heterocycles. The van der Waals surface area contributed by atoms with Crippen LogP contribution in [0.1, 0.15) is 30.8 Å². The normalized spacial score (nSPS) is 13.4. The molecule has 8 heteroatoms. The van der Waals surface area contributed by atoms with Gasteiger partial charge in [-0.3, -0.25) is 0 Å². The molecule has 1 aromatic rings. The van der Waals surface area contributed by atoms with Gasteiger partial charge in [0.15, 0.2) is 5.69 Å². The Morgan fingerprint density at radius 1 is 1.53 bits per heavy atom. The van der Waals surface area contributed by atoms with Crippen LogP contribution in [0.25, 0.3) is 0 Å². The predicted octanol–water partition coefficient (Wildman–Crippen LogP) is 1.31. The average Bonchev–Trinajstić information content (AvgIpc) is 2.64. The van der Waals surface area contributed by atoms with Crippen LogP contribution in [0.4, 0.5) is 13.2 Å². The van der Waals surface area contributed by atoms with Crippen molar-refractivity contribution in [1.29, 1.82) is 5.26 Å². The summed E-state index contributed by atoms with van der Waals surface area (Å²) in [5.41, 5.74) is -1.47. The van der Waals surface area contributed by atoms with Crippen molar-refractivity contribution in [2.75, 3.05) is 6.61 Å². The molecule has 0 aromatic carbocycles. The first-order chi connectivity index (χ1) is 7.95. The number of aliphatic hydroxyl groups is 1. The van der Waals surface area contributed by atoms with Gasteiger partial charge < -0.3 is 5.11 Å². The smallest absolute Gasteiger partial charge is 0.394 e. The molecule has 0 amide bonds. The molecule has 0 aliphatic heterocycles. The molecule has 0 radical (unpaired) electrons. The van der Waals surface area contributed by atoms with Crippen LogP contribution in [0.3, 0.4) is 0 Å². The van der Waals surface area contributed by atoms with Gasteiger partial charge in [-0.25, -0.2) is 4.68 Å². The van der Waals surface area contributed by atoms with Crippen LogP contribution >= 0.6 is 0 Å². The van der Waals surface area contributed by atoms with E-state index in [1.54, 1.807) is 13.0 Å². The number of hydrogen-bond acceptors (Lipinski definition) is 4. The van der Waals surface area contributed by atoms with Gasteiger partial charge in [-0.2, -0.15) is 18.4 Å². The second-order valence-electron chi connectivity index (χ2n) is 3.41. The molecule has 1 rings (SSSR count). The fourth-order valence-corrected chi connectivity index (χ4v) is 1.45. The summed E-state index contributed by atoms with van der Waals surface area (Å²) in [6.07, 6.45) is -4.82. The Bertz CT molecular complexity index is 417. The Morgan fingerprint density at radius 3 is 2.59 bits per heavy atom. The predicted molar refractivity (Wildman–Crippen MR) is 50.8 cm³/mol. The molecule has 0 fully saturated rings. The minimum absolute atomic E-state index is 0.287. The van der Waals surface area contributed by atoms with Gasteiger partial charge in [-0.05, 0) is 6.42 Å². The van der Waals surface area contributed by atoms with Crippen molar-refractivity contribution in [1.82, 2.24) is 15.0 Å². The van der Waals surface area contributed by atoms with E-state index in [0.29, 0.717) is 4.68 Å². The lowest BCUT2D eigenvalue weighted by molar-refractivity contribution is -0.145. The van der Waals surface area contributed by atoms with Crippen molar-refractivity contribution in [3.05, 3.63) is 11.4 Å². The second-order valence-corrected chi connectivity index (χ2v) is 3.41. The number of halogens is 3. The fraction of sp³-hybridized carbons (Fsp3) is 0.667. The monoisotopic (exact) mass is 248 g/mol. The van der Waals surface area contributed by atoms with Gasteiger partial charge >= 0.3 is 6.18 Å². The molecule has 0 aliphatic rings. The molecule has 1 heterocycles. The van der Waals surface area contributed by atoms with Crippen molar-refractivity contribution in [3.63, 3.8) is 0 Å². The molecule has 1 N–H and O–H groups in total. The molecule has 0 aliphatic carbocycles. The third-order valence-electron chi connectivity index (χ3n) is 2.31. The minimum Gasteiger partial charge on any atom is -0.394 e. The molecule has 1 atom stereocenters. The van der Waals surface area contributed by atoms with Crippen LogP contribution in [-0.2, 0) is 12.6 Å². The third-order valence-corrected chi connectivity index (χ3v) is 2.31. The van der Waals surface area contributed by atoms with Crippen LogP contribution in [0, 0.1) is 11.3 Å². The third kappa shape index (κ3) is 2.74. The molecule has 1 aromatic heterocycles. The Labute approximate surface area is 95.5 Å². The Morgan fingerprint density at radius 2 is 2.18 bits per heavy atom. The highest BCUT2D eigenvalue weighted by Crippen LogP contribution is 2.33. The fourth-order valence-electron chi connectivity index (χ4n) is 1.45. The highest BCUT2D eigenvalue weighted by molar-refractivity contribution is 5.18. The summed E-state index contributed by atoms with van der Waals surface area (Å²) in [5, 5.41) is 24.1. The van der Waals surface area contributed by atoms with Crippen molar-refractivity contribution < 1.29 is 18.3 Å². The van der Waals surface area contributed by atoms with Crippen LogP contribution in [-0.4, -0.2) is 26.7 Å². The van der Waals surface area contributed by atoms with Gasteiger partial charge in [0.1, 0.15) is 5.69 Å². The maximum Gasteiger partial charge on any atom is 0.434 e. The van der Waals surface area contributed by atoms with Gasteiger partial charge in [0, 0.05) is 0 Å². The molecule has 0 bridgehead atoms. The van der Waals surface area contributed by atoms with E-state index < -0.39 is 36.6 Å². The van der Waals surface area contributed by atoms with E-state index in [9.17, 15) is 13.2 Å². The standard InChI is InChI=1S/C9H11F3N4O/c1-2-6(5-17)16-8(9(10,11)12)7(3-4-13)14-15-16/h6,17H,2-3,5H2,1H3. The molecular weight excluding hydrogens is 237 g/mol. The van der Waals surface area contributed by atoms with Crippen molar-refractivity contribution in [3.8, 4) is 6.07 Å². The van der Waals surface area contributed by atoms with Gasteiger partial charge in [-0.1, -0.05) is 12.1 Å². The van der Waals surface area contributed by atoms with Crippen LogP contribution in [0.5, 0.6) is 0 Å². The molecule has 0 saturated carbocycles. The van der Waals surface area contributed by atoms with E-state index in [4.69, 9.17) is 10.4 Å². The molecule has 1 unspecified atom stereocenters. The van der Waals surface area contributed by atoms with Crippen LogP contribution < -0.4 is 0 Å². The Balaban J connectivity index is 3.28. The molecule has 94 valence electrons. The zero-order chi connectivity index (χ0) is 13.1. The van der Waals surface area contributed by atoms with E-state index in [1.807, 2.05) is 0 Å². The first-order valence-electron chi connectivity index (χ1n) is 4.94. The highest BCUT2D eigenvalue weighted by atomic mass is 19.4.